The van der Waals surface area contributed by atoms with Crippen LogP contribution in [0.15, 0.2) is 65.8 Å². The van der Waals surface area contributed by atoms with Crippen molar-refractivity contribution >= 4 is 22.6 Å². The topological polar surface area (TPSA) is 103 Å². The Morgan fingerprint density at radius 2 is 1.56 bits per heavy atom. The van der Waals surface area contributed by atoms with E-state index in [0.717, 1.165) is 45.0 Å². The van der Waals surface area contributed by atoms with Gasteiger partial charge in [0.25, 0.3) is 11.5 Å². The Bertz CT molecular complexity index is 1680. The van der Waals surface area contributed by atoms with Gasteiger partial charge in [0, 0.05) is 50.5 Å². The van der Waals surface area contributed by atoms with E-state index in [9.17, 15) is 19.1 Å². The van der Waals surface area contributed by atoms with Gasteiger partial charge < -0.3 is 14.9 Å². The van der Waals surface area contributed by atoms with Gasteiger partial charge in [0.2, 0.25) is 0 Å². The summed E-state index contributed by atoms with van der Waals surface area (Å²) < 4.78 is 16.2. The summed E-state index contributed by atoms with van der Waals surface area (Å²) in [4.78, 5) is 35.1. The molecule has 5 heterocycles. The zero-order valence-electron chi connectivity index (χ0n) is 24.0. The third-order valence-corrected chi connectivity index (χ3v) is 8.96. The number of carbonyl (C=O) groups is 1. The second-order valence-electron chi connectivity index (χ2n) is 11.8. The zero-order chi connectivity index (χ0) is 29.6. The highest BCUT2D eigenvalue weighted by Gasteiger charge is 2.35. The highest BCUT2D eigenvalue weighted by molar-refractivity contribution is 5.94. The van der Waals surface area contributed by atoms with Crippen molar-refractivity contribution < 1.29 is 14.3 Å². The number of benzene rings is 2. The summed E-state index contributed by atoms with van der Waals surface area (Å²) in [5.41, 5.74) is 1.25. The summed E-state index contributed by atoms with van der Waals surface area (Å²) in [5.74, 6) is -0.417. The van der Waals surface area contributed by atoms with Crippen molar-refractivity contribution in [2.24, 2.45) is 0 Å². The number of piperidine rings is 1. The van der Waals surface area contributed by atoms with E-state index in [0.29, 0.717) is 48.2 Å². The Hall–Kier alpha value is -4.13. The van der Waals surface area contributed by atoms with E-state index in [1.54, 1.807) is 17.0 Å². The molecule has 11 nitrogen and oxygen atoms in total. The average Bonchev–Trinajstić information content (AvgIpc) is 3.61. The Labute approximate surface area is 248 Å². The van der Waals surface area contributed by atoms with Crippen LogP contribution in [0.3, 0.4) is 0 Å². The summed E-state index contributed by atoms with van der Waals surface area (Å²) in [5, 5.41) is 20.8. The molecule has 0 bridgehead atoms. The zero-order valence-corrected chi connectivity index (χ0v) is 24.0. The lowest BCUT2D eigenvalue weighted by atomic mass is 9.91. The number of fused-ring (bicyclic) bond motifs is 2. The fraction of sp³-hybridized carbons (Fsp3) is 0.419. The standard InChI is InChI=1S/C31H35FN8O3/c32-24-5-9-26(10-6-24)40-28-27(19-34-40)30(42)37(21-33-28)20-31(43)11-17-35(18-12-31)29(41)23-3-7-25(8-4-23)36-13-1-14-38-15-2-16-39(38)22-36/h3-10,19,21,43H,1-2,11-18,20,22H2. The van der Waals surface area contributed by atoms with Crippen molar-refractivity contribution in [1.82, 2.24) is 34.2 Å². The molecule has 0 aliphatic carbocycles. The molecule has 0 atom stereocenters. The van der Waals surface area contributed by atoms with Gasteiger partial charge in [-0.3, -0.25) is 14.2 Å². The molecule has 43 heavy (non-hydrogen) atoms. The van der Waals surface area contributed by atoms with Crippen molar-refractivity contribution in [3.8, 4) is 5.69 Å². The first-order valence-corrected chi connectivity index (χ1v) is 14.9. The minimum Gasteiger partial charge on any atom is -0.388 e. The number of hydrogen-bond donors (Lipinski definition) is 1. The van der Waals surface area contributed by atoms with Crippen molar-refractivity contribution in [3.63, 3.8) is 0 Å². The van der Waals surface area contributed by atoms with Gasteiger partial charge in [-0.15, -0.1) is 0 Å². The maximum atomic E-state index is 13.3. The van der Waals surface area contributed by atoms with Crippen LogP contribution in [0.1, 0.15) is 36.0 Å². The quantitative estimate of drug-likeness (QED) is 0.381. The number of hydrazine groups is 1. The van der Waals surface area contributed by atoms with Crippen LogP contribution >= 0.6 is 0 Å². The molecule has 3 fully saturated rings. The van der Waals surface area contributed by atoms with Crippen LogP contribution in [0.5, 0.6) is 0 Å². The average molecular weight is 587 g/mol. The van der Waals surface area contributed by atoms with E-state index < -0.39 is 5.60 Å². The Morgan fingerprint density at radius 3 is 2.30 bits per heavy atom. The first-order valence-electron chi connectivity index (χ1n) is 14.9. The normalized spacial score (nSPS) is 19.5. The number of amides is 1. The molecule has 0 saturated carbocycles. The van der Waals surface area contributed by atoms with Crippen LogP contribution in [-0.4, -0.2) is 96.8 Å². The number of rotatable bonds is 5. The van der Waals surface area contributed by atoms with E-state index in [2.05, 4.69) is 25.0 Å². The molecule has 12 heteroatoms. The van der Waals surface area contributed by atoms with Gasteiger partial charge in [0.1, 0.15) is 17.5 Å². The maximum Gasteiger partial charge on any atom is 0.264 e. The predicted molar refractivity (Wildman–Crippen MR) is 159 cm³/mol. The highest BCUT2D eigenvalue weighted by atomic mass is 19.1. The Kier molecular flexibility index (Phi) is 7.20. The van der Waals surface area contributed by atoms with Crippen LogP contribution in [0.25, 0.3) is 16.7 Å². The molecule has 2 aromatic heterocycles. The van der Waals surface area contributed by atoms with Gasteiger partial charge in [0.05, 0.1) is 30.7 Å². The summed E-state index contributed by atoms with van der Waals surface area (Å²) >= 11 is 0. The predicted octanol–water partition coefficient (Wildman–Crippen LogP) is 2.48. The second-order valence-corrected chi connectivity index (χ2v) is 11.8. The van der Waals surface area contributed by atoms with Crippen LogP contribution < -0.4 is 10.5 Å². The molecule has 0 spiro atoms. The van der Waals surface area contributed by atoms with E-state index in [1.807, 2.05) is 24.3 Å². The number of halogens is 1. The van der Waals surface area contributed by atoms with E-state index >= 15 is 0 Å². The number of aromatic nitrogens is 4. The van der Waals surface area contributed by atoms with Gasteiger partial charge in [-0.05, 0) is 74.2 Å². The van der Waals surface area contributed by atoms with Crippen molar-refractivity contribution in [2.45, 2.75) is 37.8 Å². The molecule has 0 unspecified atom stereocenters. The van der Waals surface area contributed by atoms with Crippen LogP contribution in [0.4, 0.5) is 10.1 Å². The molecular formula is C31H35FN8O3. The van der Waals surface area contributed by atoms with Crippen LogP contribution in [-0.2, 0) is 6.54 Å². The van der Waals surface area contributed by atoms with E-state index in [4.69, 9.17) is 0 Å². The fourth-order valence-electron chi connectivity index (χ4n) is 6.49. The summed E-state index contributed by atoms with van der Waals surface area (Å²) in [7, 11) is 0. The summed E-state index contributed by atoms with van der Waals surface area (Å²) in [6.45, 7) is 6.04. The van der Waals surface area contributed by atoms with Gasteiger partial charge >= 0.3 is 0 Å². The van der Waals surface area contributed by atoms with Gasteiger partial charge in [-0.1, -0.05) is 0 Å². The number of aliphatic hydroxyl groups is 1. The number of likely N-dealkylation sites (tertiary alicyclic amines) is 1. The smallest absolute Gasteiger partial charge is 0.264 e. The molecule has 3 aliphatic rings. The van der Waals surface area contributed by atoms with Gasteiger partial charge in [0.15, 0.2) is 5.65 Å². The molecule has 1 N–H and O–H groups in total. The highest BCUT2D eigenvalue weighted by Crippen LogP contribution is 2.27. The molecular weight excluding hydrogens is 551 g/mol. The van der Waals surface area contributed by atoms with Crippen molar-refractivity contribution in [2.75, 3.05) is 50.8 Å². The number of carbonyl (C=O) groups excluding carboxylic acids is 1. The van der Waals surface area contributed by atoms with E-state index in [-0.39, 0.29) is 23.8 Å². The molecule has 4 aromatic rings. The molecule has 3 aliphatic heterocycles. The van der Waals surface area contributed by atoms with E-state index in [1.165, 1.54) is 40.3 Å². The van der Waals surface area contributed by atoms with Crippen molar-refractivity contribution in [1.29, 1.82) is 0 Å². The van der Waals surface area contributed by atoms with Gasteiger partial charge in [-0.2, -0.15) is 5.10 Å². The largest absolute Gasteiger partial charge is 0.388 e. The van der Waals surface area contributed by atoms with Crippen molar-refractivity contribution in [3.05, 3.63) is 82.8 Å². The first kappa shape index (κ1) is 27.7. The third kappa shape index (κ3) is 5.41. The third-order valence-electron chi connectivity index (χ3n) is 8.96. The SMILES string of the molecule is O=C(c1ccc(N2CCCN3CCCN3C2)cc1)N1CCC(O)(Cn2cnc3c(cnn3-c3ccc(F)cc3)c2=O)CC1. The lowest BCUT2D eigenvalue weighted by Crippen LogP contribution is -2.49. The molecule has 1 amide bonds. The number of anilines is 1. The number of hydrogen-bond acceptors (Lipinski definition) is 8. The van der Waals surface area contributed by atoms with Gasteiger partial charge in [-0.25, -0.2) is 24.1 Å². The Morgan fingerprint density at radius 1 is 0.884 bits per heavy atom. The molecule has 7 rings (SSSR count). The minimum absolute atomic E-state index is 0.0522. The molecule has 0 radical (unpaired) electrons. The van der Waals surface area contributed by atoms with Crippen LogP contribution in [0.2, 0.25) is 0 Å². The Balaban J connectivity index is 0.989. The molecule has 3 saturated heterocycles. The monoisotopic (exact) mass is 586 g/mol. The summed E-state index contributed by atoms with van der Waals surface area (Å²) in [6, 6.07) is 13.7. The van der Waals surface area contributed by atoms with Crippen LogP contribution in [0, 0.1) is 5.82 Å². The first-order chi connectivity index (χ1) is 20.9. The summed E-state index contributed by atoms with van der Waals surface area (Å²) in [6.07, 6.45) is 5.86. The molecule has 224 valence electrons. The second kappa shape index (κ2) is 11.2. The maximum absolute atomic E-state index is 13.3. The lowest BCUT2D eigenvalue weighted by molar-refractivity contribution is -0.0299. The molecule has 2 aromatic carbocycles. The fourth-order valence-corrected chi connectivity index (χ4v) is 6.49. The number of nitrogens with zero attached hydrogens (tertiary/aromatic N) is 8. The lowest BCUT2D eigenvalue weighted by Gasteiger charge is -2.38. The minimum atomic E-state index is -1.15.